The van der Waals surface area contributed by atoms with Crippen molar-refractivity contribution in [3.63, 3.8) is 0 Å². The van der Waals surface area contributed by atoms with Crippen LogP contribution in [-0.4, -0.2) is 37.1 Å². The Balaban J connectivity index is 1.51. The zero-order valence-electron chi connectivity index (χ0n) is 24.7. The predicted octanol–water partition coefficient (Wildman–Crippen LogP) is 6.92. The van der Waals surface area contributed by atoms with E-state index in [4.69, 9.17) is 0 Å². The largest absolute Gasteiger partial charge is 0.748 e. The van der Waals surface area contributed by atoms with Crippen molar-refractivity contribution in [2.45, 2.75) is 52.4 Å². The number of rotatable bonds is 10. The van der Waals surface area contributed by atoms with Crippen LogP contribution in [0.15, 0.2) is 83.3 Å². The maximum Gasteiger partial charge on any atom is 0.251 e. The number of benzene rings is 3. The maximum atomic E-state index is 13.6. The number of hydrogen-bond acceptors (Lipinski definition) is 5. The van der Waals surface area contributed by atoms with Crippen LogP contribution in [-0.2, 0) is 21.3 Å². The van der Waals surface area contributed by atoms with Gasteiger partial charge in [0.1, 0.15) is 0 Å². The summed E-state index contributed by atoms with van der Waals surface area (Å²) in [6, 6.07) is 22.5. The molecule has 4 rings (SSSR count). The van der Waals surface area contributed by atoms with E-state index in [2.05, 4.69) is 65.5 Å². The standard InChI is InChI=1S/C34H39BrN2O5S/c1-34(2,3)28-14-12-25(13-15-28)24-8-10-26(11-9-24)31(33(39)37-30-18-16-29(35)17-19-30)22-23-4-6-27(7-5-23)32(38)36-20-21-43(40,41)42/h4-12,16-19,28,31H,13-15,20-22H2,1-3H3,(H,36,38)(H,37,39)(H,40,41,42)/p-1. The molecule has 1 aliphatic carbocycles. The first-order valence-corrected chi connectivity index (χ1v) is 16.8. The van der Waals surface area contributed by atoms with Crippen LogP contribution in [0.2, 0.25) is 0 Å². The van der Waals surface area contributed by atoms with E-state index in [1.807, 2.05) is 36.4 Å². The summed E-state index contributed by atoms with van der Waals surface area (Å²) in [5.41, 5.74) is 5.62. The fourth-order valence-electron chi connectivity index (χ4n) is 5.36. The molecule has 0 spiro atoms. The zero-order valence-corrected chi connectivity index (χ0v) is 27.1. The van der Waals surface area contributed by atoms with Crippen molar-refractivity contribution >= 4 is 49.1 Å². The van der Waals surface area contributed by atoms with Crippen molar-refractivity contribution in [2.75, 3.05) is 17.6 Å². The number of nitrogens with one attached hydrogen (secondary N) is 2. The Hall–Kier alpha value is -3.27. The first-order valence-electron chi connectivity index (χ1n) is 14.4. The summed E-state index contributed by atoms with van der Waals surface area (Å²) in [7, 11) is -4.41. The van der Waals surface area contributed by atoms with E-state index < -0.39 is 27.7 Å². The third-order valence-electron chi connectivity index (χ3n) is 8.04. The zero-order chi connectivity index (χ0) is 31.2. The Kier molecular flexibility index (Phi) is 10.6. The first kappa shape index (κ1) is 32.6. The summed E-state index contributed by atoms with van der Waals surface area (Å²) in [6.45, 7) is 6.66. The average Bonchev–Trinajstić information content (AvgIpc) is 2.96. The Morgan fingerprint density at radius 2 is 1.63 bits per heavy atom. The number of halogens is 1. The first-order chi connectivity index (χ1) is 20.3. The topological polar surface area (TPSA) is 115 Å². The molecule has 0 heterocycles. The molecule has 2 N–H and O–H groups in total. The van der Waals surface area contributed by atoms with Gasteiger partial charge in [-0.3, -0.25) is 9.59 Å². The van der Waals surface area contributed by atoms with E-state index in [9.17, 15) is 22.6 Å². The van der Waals surface area contributed by atoms with Crippen LogP contribution >= 0.6 is 15.9 Å². The summed E-state index contributed by atoms with van der Waals surface area (Å²) in [5.74, 6) is -1.08. The molecule has 2 amide bonds. The molecule has 0 fully saturated rings. The van der Waals surface area contributed by atoms with Gasteiger partial charge in [0.05, 0.1) is 21.8 Å². The van der Waals surface area contributed by atoms with Crippen molar-refractivity contribution in [1.29, 1.82) is 0 Å². The van der Waals surface area contributed by atoms with Gasteiger partial charge in [-0.05, 0) is 95.7 Å². The molecule has 7 nitrogen and oxygen atoms in total. The van der Waals surface area contributed by atoms with E-state index >= 15 is 0 Å². The van der Waals surface area contributed by atoms with Crippen molar-refractivity contribution in [3.8, 4) is 0 Å². The lowest BCUT2D eigenvalue weighted by atomic mass is 9.72. The van der Waals surface area contributed by atoms with Crippen LogP contribution in [0.4, 0.5) is 5.69 Å². The Labute approximate surface area is 263 Å². The maximum absolute atomic E-state index is 13.6. The second-order valence-electron chi connectivity index (χ2n) is 12.2. The Morgan fingerprint density at radius 3 is 2.19 bits per heavy atom. The fraction of sp³-hybridized carbons (Fsp3) is 0.353. The molecule has 1 aliphatic rings. The van der Waals surface area contributed by atoms with E-state index in [1.165, 1.54) is 17.6 Å². The fourth-order valence-corrected chi connectivity index (χ4v) is 5.97. The Bertz CT molecular complexity index is 1560. The minimum atomic E-state index is -4.41. The summed E-state index contributed by atoms with van der Waals surface area (Å²) in [5, 5.41) is 5.48. The lowest BCUT2D eigenvalue weighted by Gasteiger charge is -2.33. The number of hydrogen-bond donors (Lipinski definition) is 2. The van der Waals surface area contributed by atoms with Gasteiger partial charge in [0, 0.05) is 22.3 Å². The highest BCUT2D eigenvalue weighted by atomic mass is 79.9. The number of carbonyl (C=O) groups excluding carboxylic acids is 2. The van der Waals surface area contributed by atoms with Crippen LogP contribution in [0.1, 0.15) is 73.0 Å². The van der Waals surface area contributed by atoms with Gasteiger partial charge >= 0.3 is 0 Å². The molecule has 228 valence electrons. The quantitative estimate of drug-likeness (QED) is 0.228. The van der Waals surface area contributed by atoms with E-state index in [1.54, 1.807) is 24.3 Å². The van der Waals surface area contributed by atoms with E-state index in [-0.39, 0.29) is 12.5 Å². The van der Waals surface area contributed by atoms with Crippen LogP contribution in [0.5, 0.6) is 0 Å². The molecule has 9 heteroatoms. The van der Waals surface area contributed by atoms with Crippen molar-refractivity contribution < 1.29 is 22.6 Å². The minimum absolute atomic E-state index is 0.138. The third kappa shape index (κ3) is 9.61. The Morgan fingerprint density at radius 1 is 0.977 bits per heavy atom. The predicted molar refractivity (Wildman–Crippen MR) is 174 cm³/mol. The highest BCUT2D eigenvalue weighted by molar-refractivity contribution is 9.10. The molecule has 0 saturated heterocycles. The van der Waals surface area contributed by atoms with E-state index in [0.29, 0.717) is 29.0 Å². The lowest BCUT2D eigenvalue weighted by molar-refractivity contribution is -0.117. The molecule has 0 aromatic heterocycles. The molecule has 0 bridgehead atoms. The van der Waals surface area contributed by atoms with Crippen molar-refractivity contribution in [2.24, 2.45) is 11.3 Å². The number of allylic oxidation sites excluding steroid dienone is 2. The summed E-state index contributed by atoms with van der Waals surface area (Å²) >= 11 is 3.43. The second-order valence-corrected chi connectivity index (χ2v) is 14.6. The van der Waals surface area contributed by atoms with Crippen LogP contribution in [0, 0.1) is 11.3 Å². The normalized spacial score (nSPS) is 16.2. The SMILES string of the molecule is CC(C)(C)C1CC=C(c2ccc(C(Cc3ccc(C(=O)NCCS(=O)(=O)[O-])cc3)C(=O)Nc3ccc(Br)cc3)cc2)CC1. The van der Waals surface area contributed by atoms with Crippen molar-refractivity contribution in [1.82, 2.24) is 5.32 Å². The van der Waals surface area contributed by atoms with Gasteiger partial charge in [-0.25, -0.2) is 8.42 Å². The average molecular weight is 667 g/mol. The van der Waals surface area contributed by atoms with Gasteiger partial charge in [-0.2, -0.15) is 0 Å². The van der Waals surface area contributed by atoms with Crippen LogP contribution < -0.4 is 10.6 Å². The highest BCUT2D eigenvalue weighted by Crippen LogP contribution is 2.40. The molecular weight excluding hydrogens is 628 g/mol. The monoisotopic (exact) mass is 665 g/mol. The molecular formula is C34H38BrN2O5S-. The molecule has 0 saturated carbocycles. The molecule has 2 atom stereocenters. The molecule has 3 aromatic rings. The number of amides is 2. The highest BCUT2D eigenvalue weighted by Gasteiger charge is 2.27. The summed E-state index contributed by atoms with van der Waals surface area (Å²) in [6.07, 6.45) is 6.06. The lowest BCUT2D eigenvalue weighted by Crippen LogP contribution is -2.29. The molecule has 3 aromatic carbocycles. The van der Waals surface area contributed by atoms with Crippen LogP contribution in [0.25, 0.3) is 5.57 Å². The van der Waals surface area contributed by atoms with E-state index in [0.717, 1.165) is 28.4 Å². The minimum Gasteiger partial charge on any atom is -0.748 e. The molecule has 0 aliphatic heterocycles. The number of anilines is 1. The van der Waals surface area contributed by atoms with Gasteiger partial charge < -0.3 is 15.2 Å². The molecule has 43 heavy (non-hydrogen) atoms. The smallest absolute Gasteiger partial charge is 0.251 e. The van der Waals surface area contributed by atoms with Gasteiger partial charge in [-0.1, -0.05) is 79.2 Å². The van der Waals surface area contributed by atoms with Crippen LogP contribution in [0.3, 0.4) is 0 Å². The second kappa shape index (κ2) is 14.0. The summed E-state index contributed by atoms with van der Waals surface area (Å²) in [4.78, 5) is 26.0. The molecule has 0 radical (unpaired) electrons. The van der Waals surface area contributed by atoms with Gasteiger partial charge in [0.15, 0.2) is 0 Å². The number of carbonyl (C=O) groups is 2. The van der Waals surface area contributed by atoms with Crippen molar-refractivity contribution in [3.05, 3.63) is 106 Å². The van der Waals surface area contributed by atoms with Gasteiger partial charge in [0.25, 0.3) is 5.91 Å². The summed E-state index contributed by atoms with van der Waals surface area (Å²) < 4.78 is 33.3. The van der Waals surface area contributed by atoms with Gasteiger partial charge in [-0.15, -0.1) is 0 Å². The van der Waals surface area contributed by atoms with Gasteiger partial charge in [0.2, 0.25) is 5.91 Å². The molecule has 2 unspecified atom stereocenters. The third-order valence-corrected chi connectivity index (χ3v) is 9.27.